The Morgan fingerprint density at radius 2 is 1.76 bits per heavy atom. The first kappa shape index (κ1) is 24.5. The second kappa shape index (κ2) is 10.7. The molecule has 0 radical (unpaired) electrons. The van der Waals surface area contributed by atoms with E-state index in [1.807, 2.05) is 17.9 Å². The van der Waals surface area contributed by atoms with Crippen LogP contribution >= 0.6 is 11.6 Å². The molecule has 0 N–H and O–H groups in total. The Hall–Kier alpha value is -2.64. The second-order valence-corrected chi connectivity index (χ2v) is 9.51. The molecule has 1 aromatic carbocycles. The predicted molar refractivity (Wildman–Crippen MR) is 134 cm³/mol. The van der Waals surface area contributed by atoms with Gasteiger partial charge in [-0.2, -0.15) is 0 Å². The van der Waals surface area contributed by atoms with Crippen molar-refractivity contribution in [1.29, 1.82) is 0 Å². The fraction of sp³-hybridized carbons (Fsp3) is 0.500. The molecule has 0 aliphatic carbocycles. The number of likely N-dealkylation sites (tertiary alicyclic amines) is 1. The van der Waals surface area contributed by atoms with Crippen molar-refractivity contribution >= 4 is 29.2 Å². The van der Waals surface area contributed by atoms with Crippen LogP contribution in [0.2, 0.25) is 5.02 Å². The van der Waals surface area contributed by atoms with Crippen molar-refractivity contribution in [3.8, 4) is 0 Å². The Kier molecular flexibility index (Phi) is 7.73. The summed E-state index contributed by atoms with van der Waals surface area (Å²) in [6.07, 6.45) is 3.04. The number of ether oxygens (including phenoxy) is 1. The van der Waals surface area contributed by atoms with Gasteiger partial charge in [-0.05, 0) is 62.6 Å². The Labute approximate surface area is 206 Å². The molecule has 2 aliphatic heterocycles. The standard InChI is InChI=1S/C26H33ClN4O3/c1-4-21-17-30(24-10-9-23(26(33)34-3)28-18(24)2)15-16-31(21)22-11-13-29(14-12-22)25(32)19-5-7-20(27)8-6-19/h5-10,21-22H,4,11-17H2,1-3H3/t21-/m0/s1. The Morgan fingerprint density at radius 3 is 2.38 bits per heavy atom. The number of anilines is 1. The summed E-state index contributed by atoms with van der Waals surface area (Å²) in [7, 11) is 1.37. The van der Waals surface area contributed by atoms with Crippen LogP contribution in [0.4, 0.5) is 5.69 Å². The molecule has 1 aromatic heterocycles. The Bertz CT molecular complexity index is 1020. The molecule has 0 spiro atoms. The van der Waals surface area contributed by atoms with Crippen LogP contribution in [0.25, 0.3) is 0 Å². The summed E-state index contributed by atoms with van der Waals surface area (Å²) in [6, 6.07) is 11.8. The van der Waals surface area contributed by atoms with E-state index in [-0.39, 0.29) is 5.91 Å². The molecular formula is C26H33ClN4O3. The van der Waals surface area contributed by atoms with Gasteiger partial charge in [0.25, 0.3) is 5.91 Å². The van der Waals surface area contributed by atoms with Gasteiger partial charge in [0, 0.05) is 55.4 Å². The van der Waals surface area contributed by atoms with Crippen LogP contribution in [0.3, 0.4) is 0 Å². The highest BCUT2D eigenvalue weighted by molar-refractivity contribution is 6.30. The largest absolute Gasteiger partial charge is 0.464 e. The average molecular weight is 485 g/mol. The first-order chi connectivity index (χ1) is 16.4. The lowest BCUT2D eigenvalue weighted by molar-refractivity contribution is 0.0490. The maximum absolute atomic E-state index is 12.9. The summed E-state index contributed by atoms with van der Waals surface area (Å²) in [5, 5.41) is 0.644. The molecule has 34 heavy (non-hydrogen) atoms. The van der Waals surface area contributed by atoms with E-state index in [1.165, 1.54) is 7.11 Å². The minimum Gasteiger partial charge on any atom is -0.464 e. The van der Waals surface area contributed by atoms with Crippen molar-refractivity contribution < 1.29 is 14.3 Å². The number of aromatic nitrogens is 1. The third-order valence-corrected chi connectivity index (χ3v) is 7.36. The molecule has 0 bridgehead atoms. The number of halogens is 1. The monoisotopic (exact) mass is 484 g/mol. The molecule has 7 nitrogen and oxygen atoms in total. The maximum atomic E-state index is 12.9. The molecule has 2 aliphatic rings. The van der Waals surface area contributed by atoms with Crippen molar-refractivity contribution in [3.63, 3.8) is 0 Å². The van der Waals surface area contributed by atoms with Gasteiger partial charge >= 0.3 is 5.97 Å². The lowest BCUT2D eigenvalue weighted by Crippen LogP contribution is -2.58. The predicted octanol–water partition coefficient (Wildman–Crippen LogP) is 4.04. The van der Waals surface area contributed by atoms with Crippen molar-refractivity contribution in [1.82, 2.24) is 14.8 Å². The lowest BCUT2D eigenvalue weighted by atomic mass is 9.97. The van der Waals surface area contributed by atoms with E-state index in [0.717, 1.165) is 63.4 Å². The fourth-order valence-corrected chi connectivity index (χ4v) is 5.34. The first-order valence-electron chi connectivity index (χ1n) is 12.0. The van der Waals surface area contributed by atoms with Gasteiger partial charge < -0.3 is 14.5 Å². The number of piperazine rings is 1. The smallest absolute Gasteiger partial charge is 0.356 e. The molecule has 182 valence electrons. The molecule has 3 heterocycles. The number of rotatable bonds is 5. The molecule has 2 aromatic rings. The number of hydrogen-bond donors (Lipinski definition) is 0. The third-order valence-electron chi connectivity index (χ3n) is 7.10. The molecule has 0 unspecified atom stereocenters. The van der Waals surface area contributed by atoms with E-state index >= 15 is 0 Å². The van der Waals surface area contributed by atoms with Gasteiger partial charge in [0.15, 0.2) is 0 Å². The van der Waals surface area contributed by atoms with Crippen LogP contribution in [-0.4, -0.2) is 78.6 Å². The molecule has 2 saturated heterocycles. The number of aryl methyl sites for hydroxylation is 1. The normalized spacial score (nSPS) is 19.8. The van der Waals surface area contributed by atoms with E-state index in [0.29, 0.717) is 28.4 Å². The number of esters is 1. The highest BCUT2D eigenvalue weighted by atomic mass is 35.5. The summed E-state index contributed by atoms with van der Waals surface area (Å²) in [5.41, 5.74) is 2.97. The van der Waals surface area contributed by atoms with E-state index in [1.54, 1.807) is 30.3 Å². The van der Waals surface area contributed by atoms with Gasteiger partial charge in [0.2, 0.25) is 0 Å². The third kappa shape index (κ3) is 5.20. The van der Waals surface area contributed by atoms with E-state index < -0.39 is 5.97 Å². The number of benzene rings is 1. The number of amides is 1. The van der Waals surface area contributed by atoms with Crippen molar-refractivity contribution in [2.24, 2.45) is 0 Å². The van der Waals surface area contributed by atoms with Gasteiger partial charge in [0.05, 0.1) is 18.5 Å². The molecule has 1 atom stereocenters. The minimum absolute atomic E-state index is 0.0883. The summed E-state index contributed by atoms with van der Waals surface area (Å²) < 4.78 is 4.79. The zero-order chi connectivity index (χ0) is 24.2. The van der Waals surface area contributed by atoms with Crippen molar-refractivity contribution in [2.45, 2.75) is 45.2 Å². The number of methoxy groups -OCH3 is 1. The van der Waals surface area contributed by atoms with Crippen LogP contribution in [-0.2, 0) is 4.74 Å². The summed E-state index contributed by atoms with van der Waals surface area (Å²) in [6.45, 7) is 8.57. The highest BCUT2D eigenvalue weighted by Crippen LogP contribution is 2.28. The van der Waals surface area contributed by atoms with Crippen molar-refractivity contribution in [3.05, 3.63) is 58.4 Å². The number of piperidine rings is 1. The summed E-state index contributed by atoms with van der Waals surface area (Å²) in [4.78, 5) is 36.1. The molecule has 4 rings (SSSR count). The molecule has 8 heteroatoms. The maximum Gasteiger partial charge on any atom is 0.356 e. The van der Waals surface area contributed by atoms with E-state index in [9.17, 15) is 9.59 Å². The van der Waals surface area contributed by atoms with Crippen LogP contribution in [0.1, 0.15) is 52.7 Å². The van der Waals surface area contributed by atoms with Crippen LogP contribution in [0.5, 0.6) is 0 Å². The fourth-order valence-electron chi connectivity index (χ4n) is 5.21. The molecule has 2 fully saturated rings. The van der Waals surface area contributed by atoms with Crippen molar-refractivity contribution in [2.75, 3.05) is 44.7 Å². The van der Waals surface area contributed by atoms with Gasteiger partial charge in [-0.25, -0.2) is 9.78 Å². The molecule has 1 amide bonds. The minimum atomic E-state index is -0.410. The average Bonchev–Trinajstić information content (AvgIpc) is 2.88. The first-order valence-corrected chi connectivity index (χ1v) is 12.4. The molecular weight excluding hydrogens is 452 g/mol. The second-order valence-electron chi connectivity index (χ2n) is 9.07. The highest BCUT2D eigenvalue weighted by Gasteiger charge is 2.34. The quantitative estimate of drug-likeness (QED) is 0.597. The van der Waals surface area contributed by atoms with Gasteiger partial charge in [-0.15, -0.1) is 0 Å². The Morgan fingerprint density at radius 1 is 1.06 bits per heavy atom. The Balaban J connectivity index is 1.36. The van der Waals surface area contributed by atoms with Crippen LogP contribution in [0.15, 0.2) is 36.4 Å². The lowest BCUT2D eigenvalue weighted by Gasteiger charge is -2.48. The van der Waals surface area contributed by atoms with Crippen LogP contribution in [0, 0.1) is 6.92 Å². The van der Waals surface area contributed by atoms with E-state index in [4.69, 9.17) is 16.3 Å². The summed E-state index contributed by atoms with van der Waals surface area (Å²) >= 11 is 5.96. The topological polar surface area (TPSA) is 66.0 Å². The number of carbonyl (C=O) groups is 2. The summed E-state index contributed by atoms with van der Waals surface area (Å²) in [5.74, 6) is -0.322. The van der Waals surface area contributed by atoms with Crippen LogP contribution < -0.4 is 4.90 Å². The zero-order valence-corrected chi connectivity index (χ0v) is 20.9. The number of hydrogen-bond acceptors (Lipinski definition) is 6. The van der Waals surface area contributed by atoms with E-state index in [2.05, 4.69) is 21.7 Å². The number of nitrogens with zero attached hydrogens (tertiary/aromatic N) is 4. The van der Waals surface area contributed by atoms with Gasteiger partial charge in [0.1, 0.15) is 5.69 Å². The SMILES string of the molecule is CC[C@H]1CN(c2ccc(C(=O)OC)nc2C)CCN1C1CCN(C(=O)c2ccc(Cl)cc2)CC1. The van der Waals surface area contributed by atoms with Gasteiger partial charge in [-0.3, -0.25) is 9.69 Å². The van der Waals surface area contributed by atoms with Gasteiger partial charge in [-0.1, -0.05) is 18.5 Å². The number of carbonyl (C=O) groups excluding carboxylic acids is 2. The zero-order valence-electron chi connectivity index (χ0n) is 20.2. The number of pyridine rings is 1. The molecule has 0 saturated carbocycles.